The molecule has 0 rings (SSSR count). The molecule has 11 heavy (non-hydrogen) atoms. The van der Waals surface area contributed by atoms with Gasteiger partial charge in [-0.1, -0.05) is 13.8 Å². The van der Waals surface area contributed by atoms with E-state index in [0.717, 1.165) is 0 Å². The van der Waals surface area contributed by atoms with Crippen molar-refractivity contribution in [3.05, 3.63) is 0 Å². The fourth-order valence-electron chi connectivity index (χ4n) is 0.498. The van der Waals surface area contributed by atoms with Crippen LogP contribution in [0.5, 0.6) is 0 Å². The topological polar surface area (TPSA) is 46.5 Å². The molecule has 0 saturated carbocycles. The first-order valence-corrected chi connectivity index (χ1v) is 8.74. The molecule has 0 spiro atoms. The molecule has 1 atom stereocenters. The first kappa shape index (κ1) is 11.4. The van der Waals surface area contributed by atoms with E-state index >= 15 is 0 Å². The van der Waals surface area contributed by atoms with Gasteiger partial charge in [0.2, 0.25) is 0 Å². The van der Waals surface area contributed by atoms with E-state index in [-0.39, 0.29) is 5.66 Å². The Kier molecular flexibility index (Phi) is 3.51. The highest BCUT2D eigenvalue weighted by Gasteiger charge is 2.31. The molecule has 0 aromatic rings. The van der Waals surface area contributed by atoms with E-state index in [1.807, 2.05) is 19.6 Å². The minimum absolute atomic E-state index is 0.297. The third kappa shape index (κ3) is 4.75. The average molecular weight is 196 g/mol. The highest BCUT2D eigenvalue weighted by Crippen LogP contribution is 2.49. The molecule has 0 aromatic heterocycles. The summed E-state index contributed by atoms with van der Waals surface area (Å²) in [4.78, 5) is 9.30. The van der Waals surface area contributed by atoms with Crippen LogP contribution in [0.2, 0.25) is 19.6 Å². The van der Waals surface area contributed by atoms with Crippen LogP contribution in [0.1, 0.15) is 13.8 Å². The van der Waals surface area contributed by atoms with Crippen molar-refractivity contribution in [2.24, 2.45) is 0 Å². The van der Waals surface area contributed by atoms with Gasteiger partial charge in [-0.2, -0.15) is 0 Å². The molecule has 0 amide bonds. The van der Waals surface area contributed by atoms with E-state index in [0.29, 0.717) is 0 Å². The molecule has 0 aliphatic heterocycles. The van der Waals surface area contributed by atoms with Crippen molar-refractivity contribution in [1.82, 2.24) is 0 Å². The van der Waals surface area contributed by atoms with Crippen LogP contribution < -0.4 is 0 Å². The molecule has 68 valence electrons. The Bertz CT molecular complexity index is 173. The van der Waals surface area contributed by atoms with E-state index in [4.69, 9.17) is 4.21 Å². The average Bonchev–Trinajstić information content (AvgIpc) is 1.56. The van der Waals surface area contributed by atoms with Crippen LogP contribution >= 0.6 is 7.60 Å². The van der Waals surface area contributed by atoms with Crippen molar-refractivity contribution in [3.63, 3.8) is 0 Å². The molecule has 0 aromatic carbocycles. The van der Waals surface area contributed by atoms with Crippen molar-refractivity contribution in [3.8, 4) is 0 Å². The van der Waals surface area contributed by atoms with Gasteiger partial charge < -0.3 is 9.11 Å². The van der Waals surface area contributed by atoms with Crippen LogP contribution in [-0.4, -0.2) is 18.9 Å². The molecule has 0 fully saturated rings. The van der Waals surface area contributed by atoms with Crippen molar-refractivity contribution < 1.29 is 13.7 Å². The SMILES string of the molecule is CC(C)P(=O)(O)O[Si](C)(C)C. The predicted octanol–water partition coefficient (Wildman–Crippen LogP) is 2.43. The van der Waals surface area contributed by atoms with Gasteiger partial charge in [-0.25, -0.2) is 0 Å². The lowest BCUT2D eigenvalue weighted by Crippen LogP contribution is -2.25. The zero-order valence-electron chi connectivity index (χ0n) is 7.79. The Morgan fingerprint density at radius 1 is 1.36 bits per heavy atom. The smallest absolute Gasteiger partial charge is 0.320 e. The Hall–Kier alpha value is 0.367. The van der Waals surface area contributed by atoms with Crippen molar-refractivity contribution in [2.75, 3.05) is 0 Å². The molecule has 0 aliphatic carbocycles. The molecule has 1 N–H and O–H groups in total. The van der Waals surface area contributed by atoms with Crippen LogP contribution in [0.3, 0.4) is 0 Å². The fourth-order valence-corrected chi connectivity index (χ4v) is 4.48. The largest absolute Gasteiger partial charge is 0.351 e. The van der Waals surface area contributed by atoms with E-state index in [9.17, 15) is 9.46 Å². The molecule has 0 radical (unpaired) electrons. The van der Waals surface area contributed by atoms with E-state index in [2.05, 4.69) is 0 Å². The first-order chi connectivity index (χ1) is 4.65. The molecule has 5 heteroatoms. The summed E-state index contributed by atoms with van der Waals surface area (Å²) in [6.07, 6.45) is 0. The quantitative estimate of drug-likeness (QED) is 0.557. The summed E-state index contributed by atoms with van der Waals surface area (Å²) in [6, 6.07) is 0. The maximum Gasteiger partial charge on any atom is 0.320 e. The van der Waals surface area contributed by atoms with Crippen LogP contribution in [0.4, 0.5) is 0 Å². The lowest BCUT2D eigenvalue weighted by Gasteiger charge is -2.24. The molecular formula is C6H17O3PSi. The maximum atomic E-state index is 11.3. The molecule has 0 heterocycles. The van der Waals surface area contributed by atoms with Gasteiger partial charge in [0.1, 0.15) is 0 Å². The predicted molar refractivity (Wildman–Crippen MR) is 49.4 cm³/mol. The van der Waals surface area contributed by atoms with E-state index in [1.165, 1.54) is 0 Å². The minimum atomic E-state index is -3.32. The Morgan fingerprint density at radius 2 is 1.73 bits per heavy atom. The van der Waals surface area contributed by atoms with Gasteiger partial charge in [-0.05, 0) is 19.6 Å². The second-order valence-corrected chi connectivity index (χ2v) is 11.0. The molecule has 0 saturated heterocycles. The third-order valence-electron chi connectivity index (χ3n) is 1.06. The van der Waals surface area contributed by atoms with Gasteiger partial charge in [0, 0.05) is 0 Å². The fraction of sp³-hybridized carbons (Fsp3) is 1.00. The highest BCUT2D eigenvalue weighted by atomic mass is 31.2. The van der Waals surface area contributed by atoms with Crippen LogP contribution in [0.25, 0.3) is 0 Å². The highest BCUT2D eigenvalue weighted by molar-refractivity contribution is 7.55. The number of rotatable bonds is 3. The van der Waals surface area contributed by atoms with Crippen LogP contribution in [0, 0.1) is 0 Å². The summed E-state index contributed by atoms with van der Waals surface area (Å²) >= 11 is 0. The Labute approximate surface area is 69.4 Å². The second-order valence-electron chi connectivity index (χ2n) is 3.86. The molecule has 3 nitrogen and oxygen atoms in total. The normalized spacial score (nSPS) is 18.5. The van der Waals surface area contributed by atoms with Crippen molar-refractivity contribution in [1.29, 1.82) is 0 Å². The number of hydrogen-bond acceptors (Lipinski definition) is 2. The van der Waals surface area contributed by atoms with Gasteiger partial charge in [0.25, 0.3) is 0 Å². The van der Waals surface area contributed by atoms with Crippen LogP contribution in [-0.2, 0) is 8.78 Å². The molecule has 1 unspecified atom stereocenters. The van der Waals surface area contributed by atoms with Crippen LogP contribution in [0.15, 0.2) is 0 Å². The summed E-state index contributed by atoms with van der Waals surface area (Å²) in [6.45, 7) is 9.09. The zero-order chi connectivity index (χ0) is 9.28. The van der Waals surface area contributed by atoms with Gasteiger partial charge in [-0.15, -0.1) is 0 Å². The number of hydrogen-bond donors (Lipinski definition) is 1. The summed E-state index contributed by atoms with van der Waals surface area (Å²) in [7, 11) is -5.19. The third-order valence-corrected chi connectivity index (χ3v) is 5.60. The van der Waals surface area contributed by atoms with Gasteiger partial charge in [0.15, 0.2) is 8.32 Å². The first-order valence-electron chi connectivity index (χ1n) is 3.68. The standard InChI is InChI=1S/C6H17O3PSi/c1-6(2)10(7,8)9-11(3,4)5/h6H,1-5H3,(H,7,8). The molecule has 0 aliphatic rings. The van der Waals surface area contributed by atoms with Crippen molar-refractivity contribution in [2.45, 2.75) is 39.1 Å². The minimum Gasteiger partial charge on any atom is -0.351 e. The Morgan fingerprint density at radius 3 is 1.82 bits per heavy atom. The summed E-state index contributed by atoms with van der Waals surface area (Å²) in [5.41, 5.74) is -0.297. The lowest BCUT2D eigenvalue weighted by molar-refractivity contribution is 0.368. The summed E-state index contributed by atoms with van der Waals surface area (Å²) in [5.74, 6) is 0. The van der Waals surface area contributed by atoms with Crippen molar-refractivity contribution >= 4 is 15.9 Å². The van der Waals surface area contributed by atoms with E-state index < -0.39 is 15.9 Å². The maximum absolute atomic E-state index is 11.3. The lowest BCUT2D eigenvalue weighted by atomic mass is 10.6. The van der Waals surface area contributed by atoms with Gasteiger partial charge in [0.05, 0.1) is 5.66 Å². The molecular weight excluding hydrogens is 179 g/mol. The zero-order valence-corrected chi connectivity index (χ0v) is 9.68. The second kappa shape index (κ2) is 3.40. The summed E-state index contributed by atoms with van der Waals surface area (Å²) < 4.78 is 16.4. The monoisotopic (exact) mass is 196 g/mol. The van der Waals surface area contributed by atoms with E-state index in [1.54, 1.807) is 13.8 Å². The summed E-state index contributed by atoms with van der Waals surface area (Å²) in [5, 5.41) is 0. The van der Waals surface area contributed by atoms with Gasteiger partial charge >= 0.3 is 7.60 Å². The Balaban J connectivity index is 4.26. The molecule has 0 bridgehead atoms. The van der Waals surface area contributed by atoms with Gasteiger partial charge in [-0.3, -0.25) is 4.57 Å².